The average Bonchev–Trinajstić information content (AvgIpc) is 3.07. The smallest absolute Gasteiger partial charge is 0.328 e. The van der Waals surface area contributed by atoms with Crippen molar-refractivity contribution >= 4 is 29.3 Å². The molecule has 0 saturated heterocycles. The van der Waals surface area contributed by atoms with Crippen molar-refractivity contribution in [3.8, 4) is 0 Å². The predicted octanol–water partition coefficient (Wildman–Crippen LogP) is 3.16. The van der Waals surface area contributed by atoms with Crippen LogP contribution in [-0.2, 0) is 4.79 Å². The maximum Gasteiger partial charge on any atom is 0.328 e. The van der Waals surface area contributed by atoms with E-state index in [0.29, 0.717) is 5.56 Å². The number of amides is 1. The molecule has 4 nitrogen and oxygen atoms in total. The van der Waals surface area contributed by atoms with Crippen LogP contribution in [0.3, 0.4) is 0 Å². The standard InChI is InChI=1S/C15H19NO3S/c17-14(18)6-5-13-9-12(10-20-13)15(19)16-8-7-11-3-1-2-4-11/h5-6,9-11H,1-4,7-8H2,(H,16,19)(H,17,18). The maximum atomic E-state index is 11.9. The molecule has 1 fully saturated rings. The van der Waals surface area contributed by atoms with Crippen LogP contribution in [0.15, 0.2) is 17.5 Å². The molecule has 108 valence electrons. The number of hydrogen-bond donors (Lipinski definition) is 2. The average molecular weight is 293 g/mol. The van der Waals surface area contributed by atoms with Crippen LogP contribution in [0, 0.1) is 5.92 Å². The number of carbonyl (C=O) groups is 2. The lowest BCUT2D eigenvalue weighted by molar-refractivity contribution is -0.131. The summed E-state index contributed by atoms with van der Waals surface area (Å²) in [5.41, 5.74) is 0.603. The lowest BCUT2D eigenvalue weighted by atomic mass is 10.0. The highest BCUT2D eigenvalue weighted by Crippen LogP contribution is 2.27. The Morgan fingerprint density at radius 3 is 2.85 bits per heavy atom. The number of carboxylic acid groups (broad SMARTS) is 1. The fraction of sp³-hybridized carbons (Fsp3) is 0.467. The Morgan fingerprint density at radius 1 is 1.40 bits per heavy atom. The number of nitrogens with one attached hydrogen (secondary N) is 1. The molecule has 1 amide bonds. The van der Waals surface area contributed by atoms with Crippen molar-refractivity contribution in [2.75, 3.05) is 6.54 Å². The minimum absolute atomic E-state index is 0.0748. The maximum absolute atomic E-state index is 11.9. The Bertz CT molecular complexity index is 501. The van der Waals surface area contributed by atoms with E-state index >= 15 is 0 Å². The molecule has 20 heavy (non-hydrogen) atoms. The third kappa shape index (κ3) is 4.49. The van der Waals surface area contributed by atoms with Crippen LogP contribution in [0.5, 0.6) is 0 Å². The molecular formula is C15H19NO3S. The zero-order valence-electron chi connectivity index (χ0n) is 11.3. The largest absolute Gasteiger partial charge is 0.478 e. The fourth-order valence-electron chi connectivity index (χ4n) is 2.50. The Labute approximate surface area is 122 Å². The van der Waals surface area contributed by atoms with Crippen LogP contribution in [0.25, 0.3) is 6.08 Å². The topological polar surface area (TPSA) is 66.4 Å². The highest BCUT2D eigenvalue weighted by Gasteiger charge is 2.15. The first-order chi connectivity index (χ1) is 9.65. The predicted molar refractivity (Wildman–Crippen MR) is 79.9 cm³/mol. The van der Waals surface area contributed by atoms with Gasteiger partial charge in [-0.05, 0) is 24.5 Å². The summed E-state index contributed by atoms with van der Waals surface area (Å²) in [5, 5.41) is 13.2. The van der Waals surface area contributed by atoms with E-state index in [0.717, 1.165) is 29.8 Å². The summed E-state index contributed by atoms with van der Waals surface area (Å²) in [7, 11) is 0. The third-order valence-electron chi connectivity index (χ3n) is 3.58. The summed E-state index contributed by atoms with van der Waals surface area (Å²) in [6.45, 7) is 0.722. The lowest BCUT2D eigenvalue weighted by Gasteiger charge is -2.09. The van der Waals surface area contributed by atoms with Gasteiger partial charge in [0.15, 0.2) is 0 Å². The first-order valence-corrected chi connectivity index (χ1v) is 7.81. The minimum Gasteiger partial charge on any atom is -0.478 e. The molecule has 0 bridgehead atoms. The van der Waals surface area contributed by atoms with Gasteiger partial charge in [-0.2, -0.15) is 0 Å². The molecule has 0 spiro atoms. The van der Waals surface area contributed by atoms with Crippen molar-refractivity contribution in [2.45, 2.75) is 32.1 Å². The Kier molecular flexibility index (Phi) is 5.35. The molecule has 5 heteroatoms. The number of aliphatic carboxylic acids is 1. The van der Waals surface area contributed by atoms with Gasteiger partial charge in [0.05, 0.1) is 5.56 Å². The Morgan fingerprint density at radius 2 is 2.15 bits per heavy atom. The number of carbonyl (C=O) groups excluding carboxylic acids is 1. The van der Waals surface area contributed by atoms with Crippen molar-refractivity contribution in [1.29, 1.82) is 0 Å². The summed E-state index contributed by atoms with van der Waals surface area (Å²) in [4.78, 5) is 23.1. The van der Waals surface area contributed by atoms with Gasteiger partial charge in [-0.3, -0.25) is 4.79 Å². The van der Waals surface area contributed by atoms with Gasteiger partial charge in [-0.15, -0.1) is 11.3 Å². The van der Waals surface area contributed by atoms with Gasteiger partial charge in [0.1, 0.15) is 0 Å². The van der Waals surface area contributed by atoms with Crippen molar-refractivity contribution in [3.63, 3.8) is 0 Å². The number of rotatable bonds is 6. The molecule has 1 heterocycles. The molecule has 1 aromatic rings. The zero-order chi connectivity index (χ0) is 14.4. The van der Waals surface area contributed by atoms with Crippen LogP contribution < -0.4 is 5.32 Å². The highest BCUT2D eigenvalue weighted by atomic mass is 32.1. The molecule has 1 aliphatic rings. The SMILES string of the molecule is O=C(O)C=Cc1cc(C(=O)NCCC2CCCC2)cs1. The van der Waals surface area contributed by atoms with E-state index in [4.69, 9.17) is 5.11 Å². The van der Waals surface area contributed by atoms with Gasteiger partial charge in [0.2, 0.25) is 0 Å². The second-order valence-corrected chi connectivity index (χ2v) is 6.05. The molecule has 0 aliphatic heterocycles. The summed E-state index contributed by atoms with van der Waals surface area (Å²) < 4.78 is 0. The first-order valence-electron chi connectivity index (χ1n) is 6.93. The van der Waals surface area contributed by atoms with E-state index in [1.165, 1.54) is 43.1 Å². The van der Waals surface area contributed by atoms with E-state index in [1.807, 2.05) is 0 Å². The number of carboxylic acids is 1. The molecule has 2 rings (SSSR count). The minimum atomic E-state index is -0.985. The van der Waals surface area contributed by atoms with Crippen molar-refractivity contribution in [3.05, 3.63) is 28.0 Å². The molecule has 1 saturated carbocycles. The number of thiophene rings is 1. The van der Waals surface area contributed by atoms with E-state index < -0.39 is 5.97 Å². The molecule has 2 N–H and O–H groups in total. The Balaban J connectivity index is 1.78. The molecular weight excluding hydrogens is 274 g/mol. The van der Waals surface area contributed by atoms with E-state index in [-0.39, 0.29) is 5.91 Å². The fourth-order valence-corrected chi connectivity index (χ4v) is 3.28. The quantitative estimate of drug-likeness (QED) is 0.792. The van der Waals surface area contributed by atoms with Crippen LogP contribution >= 0.6 is 11.3 Å². The van der Waals surface area contributed by atoms with Gasteiger partial charge in [-0.25, -0.2) is 4.79 Å². The van der Waals surface area contributed by atoms with Gasteiger partial charge in [0.25, 0.3) is 5.91 Å². The van der Waals surface area contributed by atoms with Crippen LogP contribution in [0.2, 0.25) is 0 Å². The summed E-state index contributed by atoms with van der Waals surface area (Å²) >= 11 is 1.37. The van der Waals surface area contributed by atoms with E-state index in [9.17, 15) is 9.59 Å². The van der Waals surface area contributed by atoms with Gasteiger partial charge in [-0.1, -0.05) is 25.7 Å². The lowest BCUT2D eigenvalue weighted by Crippen LogP contribution is -2.25. The van der Waals surface area contributed by atoms with Crippen LogP contribution in [0.1, 0.15) is 47.3 Å². The monoisotopic (exact) mass is 293 g/mol. The number of hydrogen-bond acceptors (Lipinski definition) is 3. The normalized spacial score (nSPS) is 15.8. The van der Waals surface area contributed by atoms with Crippen molar-refractivity contribution in [2.24, 2.45) is 5.92 Å². The molecule has 0 aromatic carbocycles. The third-order valence-corrected chi connectivity index (χ3v) is 4.48. The molecule has 1 aliphatic carbocycles. The van der Waals surface area contributed by atoms with Gasteiger partial charge in [0, 0.05) is 22.9 Å². The summed E-state index contributed by atoms with van der Waals surface area (Å²) in [6.07, 6.45) is 8.86. The van der Waals surface area contributed by atoms with Crippen molar-refractivity contribution in [1.82, 2.24) is 5.32 Å². The zero-order valence-corrected chi connectivity index (χ0v) is 12.1. The second-order valence-electron chi connectivity index (χ2n) is 5.10. The van der Waals surface area contributed by atoms with E-state index in [2.05, 4.69) is 5.32 Å². The highest BCUT2D eigenvalue weighted by molar-refractivity contribution is 7.11. The molecule has 0 radical (unpaired) electrons. The van der Waals surface area contributed by atoms with Gasteiger partial charge >= 0.3 is 5.97 Å². The van der Waals surface area contributed by atoms with E-state index in [1.54, 1.807) is 11.4 Å². The first kappa shape index (κ1) is 14.8. The summed E-state index contributed by atoms with van der Waals surface area (Å²) in [5.74, 6) is -0.290. The summed E-state index contributed by atoms with van der Waals surface area (Å²) in [6, 6.07) is 1.72. The van der Waals surface area contributed by atoms with Gasteiger partial charge < -0.3 is 10.4 Å². The van der Waals surface area contributed by atoms with Crippen LogP contribution in [-0.4, -0.2) is 23.5 Å². The Hall–Kier alpha value is -1.62. The molecule has 0 unspecified atom stereocenters. The molecule has 0 atom stereocenters. The van der Waals surface area contributed by atoms with Crippen LogP contribution in [0.4, 0.5) is 0 Å². The second kappa shape index (κ2) is 7.24. The molecule has 1 aromatic heterocycles. The van der Waals surface area contributed by atoms with Crippen molar-refractivity contribution < 1.29 is 14.7 Å².